The van der Waals surface area contributed by atoms with E-state index >= 15 is 0 Å². The molecule has 0 atom stereocenters. The first-order valence-electron chi connectivity index (χ1n) is 10.0. The molecule has 1 saturated heterocycles. The number of piperazine rings is 1. The van der Waals surface area contributed by atoms with Crippen molar-refractivity contribution in [1.82, 2.24) is 14.8 Å². The predicted octanol–water partition coefficient (Wildman–Crippen LogP) is 4.08. The fraction of sp³-hybridized carbons (Fsp3) is 0.227. The van der Waals surface area contributed by atoms with Gasteiger partial charge in [0.05, 0.1) is 10.0 Å². The largest absolute Gasteiger partial charge is 0.337 e. The number of anilines is 1. The highest BCUT2D eigenvalue weighted by atomic mass is 35.5. The maximum Gasteiger partial charge on any atom is 0.270 e. The molecule has 2 heterocycles. The van der Waals surface area contributed by atoms with E-state index in [1.165, 1.54) is 23.8 Å². The molecule has 1 fully saturated rings. The molecule has 2 aromatic carbocycles. The van der Waals surface area contributed by atoms with E-state index in [4.69, 9.17) is 23.2 Å². The molecule has 1 aromatic heterocycles. The number of nitrogens with one attached hydrogen (secondary N) is 2. The number of H-pyrrole nitrogens is 1. The van der Waals surface area contributed by atoms with Crippen LogP contribution in [0.1, 0.15) is 16.1 Å². The molecule has 0 aliphatic carbocycles. The Kier molecular flexibility index (Phi) is 6.76. The summed E-state index contributed by atoms with van der Waals surface area (Å²) < 4.78 is 27.8. The topological polar surface area (TPSA) is 85.5 Å². The predicted molar refractivity (Wildman–Crippen MR) is 126 cm³/mol. The van der Waals surface area contributed by atoms with Crippen LogP contribution in [0.15, 0.2) is 65.6 Å². The molecule has 1 aliphatic heterocycles. The van der Waals surface area contributed by atoms with Gasteiger partial charge < -0.3 is 9.88 Å². The molecule has 0 spiro atoms. The summed E-state index contributed by atoms with van der Waals surface area (Å²) in [6.45, 7) is 3.58. The van der Waals surface area contributed by atoms with Crippen LogP contribution >= 0.6 is 23.2 Å². The van der Waals surface area contributed by atoms with Gasteiger partial charge in [0.15, 0.2) is 0 Å². The second-order valence-corrected chi connectivity index (χ2v) is 9.93. The van der Waals surface area contributed by atoms with Gasteiger partial charge in [-0.2, -0.15) is 0 Å². The average molecular weight is 493 g/mol. The standard InChI is InChI=1S/C22H22Cl2N4O3S/c23-17-7-4-8-18(24)21(17)32(30,31)26-20-10-9-19(25-20)22(29)28-13-11-27(12-14-28)15-16-5-2-1-3-6-16/h1-10,25-26H,11-15H2. The van der Waals surface area contributed by atoms with Gasteiger partial charge in [-0.3, -0.25) is 14.4 Å². The molecular formula is C22H22Cl2N4O3S. The fourth-order valence-electron chi connectivity index (χ4n) is 3.64. The summed E-state index contributed by atoms with van der Waals surface area (Å²) in [6.07, 6.45) is 0. The lowest BCUT2D eigenvalue weighted by Crippen LogP contribution is -2.48. The molecule has 10 heteroatoms. The Morgan fingerprint density at radius 1 is 0.906 bits per heavy atom. The van der Waals surface area contributed by atoms with Crippen LogP contribution in [-0.2, 0) is 16.6 Å². The van der Waals surface area contributed by atoms with Crippen LogP contribution in [0.4, 0.5) is 5.82 Å². The Morgan fingerprint density at radius 2 is 1.56 bits per heavy atom. The van der Waals surface area contributed by atoms with E-state index in [0.717, 1.165) is 19.6 Å². The van der Waals surface area contributed by atoms with Gasteiger partial charge in [-0.25, -0.2) is 8.42 Å². The van der Waals surface area contributed by atoms with Gasteiger partial charge in [0, 0.05) is 32.7 Å². The van der Waals surface area contributed by atoms with Crippen LogP contribution in [0.3, 0.4) is 0 Å². The summed E-state index contributed by atoms with van der Waals surface area (Å²) in [6, 6.07) is 17.7. The molecule has 1 aliphatic rings. The zero-order chi connectivity index (χ0) is 22.7. The molecule has 7 nitrogen and oxygen atoms in total. The number of nitrogens with zero attached hydrogens (tertiary/aromatic N) is 2. The van der Waals surface area contributed by atoms with E-state index in [-0.39, 0.29) is 26.7 Å². The van der Waals surface area contributed by atoms with Crippen LogP contribution in [0.5, 0.6) is 0 Å². The van der Waals surface area contributed by atoms with Crippen molar-refractivity contribution in [2.75, 3.05) is 30.9 Å². The van der Waals surface area contributed by atoms with Gasteiger partial charge in [-0.1, -0.05) is 59.6 Å². The highest BCUT2D eigenvalue weighted by molar-refractivity contribution is 7.93. The van der Waals surface area contributed by atoms with E-state index in [1.807, 2.05) is 18.2 Å². The van der Waals surface area contributed by atoms with Crippen LogP contribution in [0.2, 0.25) is 10.0 Å². The number of aromatic nitrogens is 1. The second kappa shape index (κ2) is 9.54. The molecule has 0 saturated carbocycles. The number of carbonyl (C=O) groups is 1. The van der Waals surface area contributed by atoms with Gasteiger partial charge >= 0.3 is 0 Å². The second-order valence-electron chi connectivity index (χ2n) is 7.50. The normalized spacial score (nSPS) is 15.0. The molecular weight excluding hydrogens is 471 g/mol. The number of hydrogen-bond acceptors (Lipinski definition) is 4. The number of aromatic amines is 1. The highest BCUT2D eigenvalue weighted by Gasteiger charge is 2.25. The minimum absolute atomic E-state index is 0.0150. The van der Waals surface area contributed by atoms with Crippen molar-refractivity contribution < 1.29 is 13.2 Å². The van der Waals surface area contributed by atoms with Crippen molar-refractivity contribution in [2.45, 2.75) is 11.4 Å². The van der Waals surface area contributed by atoms with Crippen LogP contribution in [-0.4, -0.2) is 55.3 Å². The number of amides is 1. The summed E-state index contributed by atoms with van der Waals surface area (Å²) in [5.74, 6) is -0.0161. The first kappa shape index (κ1) is 22.7. The molecule has 3 aromatic rings. The Balaban J connectivity index is 1.38. The SMILES string of the molecule is O=C(c1ccc(NS(=O)(=O)c2c(Cl)cccc2Cl)[nH]1)N1CCN(Cc2ccccc2)CC1. The van der Waals surface area contributed by atoms with Gasteiger partial charge in [-0.05, 0) is 29.8 Å². The molecule has 32 heavy (non-hydrogen) atoms. The lowest BCUT2D eigenvalue weighted by Gasteiger charge is -2.34. The zero-order valence-electron chi connectivity index (χ0n) is 17.1. The number of benzene rings is 2. The van der Waals surface area contributed by atoms with Crippen molar-refractivity contribution in [3.8, 4) is 0 Å². The third-order valence-electron chi connectivity index (χ3n) is 5.26. The molecule has 4 rings (SSSR count). The van der Waals surface area contributed by atoms with E-state index in [9.17, 15) is 13.2 Å². The van der Waals surface area contributed by atoms with Crippen molar-refractivity contribution in [1.29, 1.82) is 0 Å². The monoisotopic (exact) mass is 492 g/mol. The maximum absolute atomic E-state index is 12.9. The van der Waals surface area contributed by atoms with E-state index in [1.54, 1.807) is 17.0 Å². The molecule has 0 unspecified atom stereocenters. The van der Waals surface area contributed by atoms with Gasteiger partial charge in [-0.15, -0.1) is 0 Å². The number of halogens is 2. The minimum atomic E-state index is -4.03. The lowest BCUT2D eigenvalue weighted by atomic mass is 10.2. The summed E-state index contributed by atoms with van der Waals surface area (Å²) in [5, 5.41) is 0.0301. The van der Waals surface area contributed by atoms with E-state index in [2.05, 4.69) is 26.7 Å². The summed E-state index contributed by atoms with van der Waals surface area (Å²) in [4.78, 5) is 19.6. The first-order chi connectivity index (χ1) is 15.3. The smallest absolute Gasteiger partial charge is 0.270 e. The summed E-state index contributed by atoms with van der Waals surface area (Å²) in [5.41, 5.74) is 1.55. The van der Waals surface area contributed by atoms with Gasteiger partial charge in [0.25, 0.3) is 15.9 Å². The zero-order valence-corrected chi connectivity index (χ0v) is 19.4. The van der Waals surface area contributed by atoms with E-state index < -0.39 is 10.0 Å². The highest BCUT2D eigenvalue weighted by Crippen LogP contribution is 2.30. The van der Waals surface area contributed by atoms with Crippen molar-refractivity contribution in [3.05, 3.63) is 82.0 Å². The third kappa shape index (κ3) is 5.10. The molecule has 1 amide bonds. The Hall–Kier alpha value is -2.52. The van der Waals surface area contributed by atoms with Crippen LogP contribution < -0.4 is 4.72 Å². The quantitative estimate of drug-likeness (QED) is 0.542. The molecule has 0 radical (unpaired) electrons. The molecule has 2 N–H and O–H groups in total. The average Bonchev–Trinajstić information content (AvgIpc) is 3.22. The van der Waals surface area contributed by atoms with Gasteiger partial charge in [0.1, 0.15) is 16.4 Å². The van der Waals surface area contributed by atoms with E-state index in [0.29, 0.717) is 18.8 Å². The Bertz CT molecular complexity index is 1190. The maximum atomic E-state index is 12.9. The minimum Gasteiger partial charge on any atom is -0.337 e. The van der Waals surface area contributed by atoms with Crippen LogP contribution in [0.25, 0.3) is 0 Å². The van der Waals surface area contributed by atoms with Crippen molar-refractivity contribution in [2.24, 2.45) is 0 Å². The van der Waals surface area contributed by atoms with Crippen molar-refractivity contribution in [3.63, 3.8) is 0 Å². The molecule has 0 bridgehead atoms. The Morgan fingerprint density at radius 3 is 2.22 bits per heavy atom. The Labute approximate surface area is 197 Å². The third-order valence-corrected chi connectivity index (χ3v) is 7.58. The van der Waals surface area contributed by atoms with Gasteiger partial charge in [0.2, 0.25) is 0 Å². The fourth-order valence-corrected chi connectivity index (χ4v) is 5.80. The summed E-state index contributed by atoms with van der Waals surface area (Å²) >= 11 is 12.0. The van der Waals surface area contributed by atoms with Crippen molar-refractivity contribution >= 4 is 45.0 Å². The summed E-state index contributed by atoms with van der Waals surface area (Å²) in [7, 11) is -4.03. The number of rotatable bonds is 6. The number of hydrogen-bond donors (Lipinski definition) is 2. The lowest BCUT2D eigenvalue weighted by molar-refractivity contribution is 0.0623. The number of carbonyl (C=O) groups excluding carboxylic acids is 1. The first-order valence-corrected chi connectivity index (χ1v) is 12.3. The molecule has 168 valence electrons. The number of sulfonamides is 1. The van der Waals surface area contributed by atoms with Crippen LogP contribution in [0, 0.1) is 0 Å².